The molecule has 0 aliphatic rings. The number of halogens is 1. The molecule has 0 unspecified atom stereocenters. The molecule has 0 atom stereocenters. The van der Waals surface area contributed by atoms with Crippen LogP contribution < -0.4 is 5.63 Å². The maximum Gasteiger partial charge on any atom is 0.336 e. The maximum atomic E-state index is 13.2. The number of furan rings is 1. The monoisotopic (exact) mass is 442 g/mol. The Kier molecular flexibility index (Phi) is 4.95. The highest BCUT2D eigenvalue weighted by Gasteiger charge is 2.24. The third kappa shape index (κ3) is 3.24. The Morgan fingerprint density at radius 1 is 0.938 bits per heavy atom. The zero-order valence-electron chi connectivity index (χ0n) is 17.6. The normalized spacial score (nSPS) is 11.3. The number of benzene rings is 3. The summed E-state index contributed by atoms with van der Waals surface area (Å²) in [5.74, 6) is -0.00980. The summed E-state index contributed by atoms with van der Waals surface area (Å²) in [6, 6.07) is 19.9. The second kappa shape index (κ2) is 7.81. The molecule has 0 amide bonds. The van der Waals surface area contributed by atoms with Crippen molar-refractivity contribution in [3.05, 3.63) is 105 Å². The Morgan fingerprint density at radius 2 is 1.66 bits per heavy atom. The van der Waals surface area contributed by atoms with E-state index in [1.165, 1.54) is 6.07 Å². The van der Waals surface area contributed by atoms with Gasteiger partial charge in [0, 0.05) is 27.6 Å². The van der Waals surface area contributed by atoms with Crippen LogP contribution in [0.1, 0.15) is 34.2 Å². The summed E-state index contributed by atoms with van der Waals surface area (Å²) in [4.78, 5) is 25.7. The van der Waals surface area contributed by atoms with Crippen LogP contribution in [0, 0.1) is 6.92 Å². The van der Waals surface area contributed by atoms with Crippen LogP contribution in [-0.2, 0) is 6.42 Å². The van der Waals surface area contributed by atoms with Gasteiger partial charge in [-0.05, 0) is 60.4 Å². The largest absolute Gasteiger partial charge is 0.452 e. The molecule has 0 spiro atoms. The lowest BCUT2D eigenvalue weighted by Crippen LogP contribution is -2.01. The number of ketones is 1. The molecule has 0 fully saturated rings. The van der Waals surface area contributed by atoms with Crippen LogP contribution in [0.4, 0.5) is 0 Å². The second-order valence-corrected chi connectivity index (χ2v) is 8.14. The summed E-state index contributed by atoms with van der Waals surface area (Å²) < 4.78 is 11.8. The van der Waals surface area contributed by atoms with Crippen molar-refractivity contribution in [1.29, 1.82) is 0 Å². The first-order chi connectivity index (χ1) is 15.5. The standard InChI is InChI=1S/C27H19ClO4/c1-3-16-13-21-20(17-7-5-4-6-8-17)14-22(29)31-27(21)23-15(2)25(32-26(16)23)24(30)18-9-11-19(28)12-10-18/h4-14H,3H2,1-2H3. The predicted molar refractivity (Wildman–Crippen MR) is 127 cm³/mol. The van der Waals surface area contributed by atoms with Gasteiger partial charge in [0.1, 0.15) is 11.2 Å². The van der Waals surface area contributed by atoms with Crippen LogP contribution in [0.3, 0.4) is 0 Å². The molecule has 2 heterocycles. The number of aryl methyl sites for hydroxylation is 2. The smallest absolute Gasteiger partial charge is 0.336 e. The lowest BCUT2D eigenvalue weighted by Gasteiger charge is -2.09. The van der Waals surface area contributed by atoms with Crippen LogP contribution in [-0.4, -0.2) is 5.78 Å². The van der Waals surface area contributed by atoms with E-state index in [1.807, 2.05) is 50.2 Å². The van der Waals surface area contributed by atoms with Crippen molar-refractivity contribution in [2.75, 3.05) is 0 Å². The molecule has 158 valence electrons. The van der Waals surface area contributed by atoms with E-state index in [9.17, 15) is 9.59 Å². The SMILES string of the molecule is CCc1cc2c(-c3ccccc3)cc(=O)oc2c2c(C)c(C(=O)c3ccc(Cl)cc3)oc12. The molecule has 0 saturated carbocycles. The molecule has 5 rings (SSSR count). The summed E-state index contributed by atoms with van der Waals surface area (Å²) in [6.45, 7) is 3.85. The van der Waals surface area contributed by atoms with Gasteiger partial charge in [-0.2, -0.15) is 0 Å². The van der Waals surface area contributed by atoms with Crippen molar-refractivity contribution >= 4 is 39.3 Å². The van der Waals surface area contributed by atoms with Crippen LogP contribution >= 0.6 is 11.6 Å². The van der Waals surface area contributed by atoms with Gasteiger partial charge >= 0.3 is 5.63 Å². The Labute approximate surface area is 189 Å². The van der Waals surface area contributed by atoms with Gasteiger partial charge in [0.2, 0.25) is 5.78 Å². The van der Waals surface area contributed by atoms with Crippen molar-refractivity contribution in [3.8, 4) is 11.1 Å². The van der Waals surface area contributed by atoms with E-state index in [0.29, 0.717) is 39.1 Å². The number of carbonyl (C=O) groups is 1. The van der Waals surface area contributed by atoms with Crippen LogP contribution in [0.2, 0.25) is 5.02 Å². The molecule has 0 saturated heterocycles. The minimum atomic E-state index is -0.451. The van der Waals surface area contributed by atoms with Gasteiger partial charge < -0.3 is 8.83 Å². The molecule has 0 aliphatic carbocycles. The van der Waals surface area contributed by atoms with E-state index in [2.05, 4.69) is 0 Å². The Bertz CT molecular complexity index is 1540. The van der Waals surface area contributed by atoms with Crippen molar-refractivity contribution < 1.29 is 13.6 Å². The minimum Gasteiger partial charge on any atom is -0.452 e. The molecule has 0 aliphatic heterocycles. The molecule has 0 radical (unpaired) electrons. The number of fused-ring (bicyclic) bond motifs is 3. The Balaban J connectivity index is 1.84. The molecule has 4 nitrogen and oxygen atoms in total. The third-order valence-corrected chi connectivity index (χ3v) is 6.01. The minimum absolute atomic E-state index is 0.234. The zero-order chi connectivity index (χ0) is 22.4. The number of hydrogen-bond donors (Lipinski definition) is 0. The molecule has 2 aromatic heterocycles. The highest BCUT2D eigenvalue weighted by Crippen LogP contribution is 2.39. The van der Waals surface area contributed by atoms with Crippen molar-refractivity contribution in [2.45, 2.75) is 20.3 Å². The predicted octanol–water partition coefficient (Wildman–Crippen LogP) is 6.96. The number of rotatable bonds is 4. The highest BCUT2D eigenvalue weighted by atomic mass is 35.5. The first-order valence-electron chi connectivity index (χ1n) is 10.4. The van der Waals surface area contributed by atoms with Crippen molar-refractivity contribution in [1.82, 2.24) is 0 Å². The molecule has 5 heteroatoms. The van der Waals surface area contributed by atoms with Gasteiger partial charge in [0.05, 0.1) is 5.39 Å². The van der Waals surface area contributed by atoms with Gasteiger partial charge in [0.15, 0.2) is 5.76 Å². The molecule has 3 aromatic carbocycles. The fraction of sp³-hybridized carbons (Fsp3) is 0.111. The lowest BCUT2D eigenvalue weighted by molar-refractivity contribution is 0.101. The number of carbonyl (C=O) groups excluding carboxylic acids is 1. The van der Waals surface area contributed by atoms with Gasteiger partial charge in [-0.15, -0.1) is 0 Å². The van der Waals surface area contributed by atoms with E-state index in [0.717, 1.165) is 22.1 Å². The average Bonchev–Trinajstić information content (AvgIpc) is 3.16. The van der Waals surface area contributed by atoms with Crippen molar-refractivity contribution in [3.63, 3.8) is 0 Å². The summed E-state index contributed by atoms with van der Waals surface area (Å²) >= 11 is 5.97. The quantitative estimate of drug-likeness (QED) is 0.223. The van der Waals surface area contributed by atoms with Gasteiger partial charge in [-0.25, -0.2) is 4.79 Å². The van der Waals surface area contributed by atoms with Gasteiger partial charge in [0.25, 0.3) is 0 Å². The molecular formula is C27H19ClO4. The van der Waals surface area contributed by atoms with Crippen molar-refractivity contribution in [2.24, 2.45) is 0 Å². The van der Waals surface area contributed by atoms with Gasteiger partial charge in [-0.1, -0.05) is 48.9 Å². The average molecular weight is 443 g/mol. The van der Waals surface area contributed by atoms with Crippen LogP contribution in [0.5, 0.6) is 0 Å². The summed E-state index contributed by atoms with van der Waals surface area (Å²) in [5, 5.41) is 2.03. The zero-order valence-corrected chi connectivity index (χ0v) is 18.3. The van der Waals surface area contributed by atoms with E-state index in [4.69, 9.17) is 20.4 Å². The van der Waals surface area contributed by atoms with Gasteiger partial charge in [-0.3, -0.25) is 4.79 Å². The second-order valence-electron chi connectivity index (χ2n) is 7.71. The Morgan fingerprint density at radius 3 is 2.34 bits per heavy atom. The van der Waals surface area contributed by atoms with E-state index < -0.39 is 5.63 Å². The summed E-state index contributed by atoms with van der Waals surface area (Å²) in [7, 11) is 0. The molecule has 32 heavy (non-hydrogen) atoms. The van der Waals surface area contributed by atoms with Crippen LogP contribution in [0.15, 0.2) is 80.4 Å². The molecule has 0 bridgehead atoms. The molecule has 5 aromatic rings. The molecule has 0 N–H and O–H groups in total. The first kappa shape index (κ1) is 20.3. The first-order valence-corrected chi connectivity index (χ1v) is 10.7. The van der Waals surface area contributed by atoms with E-state index in [1.54, 1.807) is 24.3 Å². The fourth-order valence-electron chi connectivity index (χ4n) is 4.15. The van der Waals surface area contributed by atoms with Crippen LogP contribution in [0.25, 0.3) is 33.1 Å². The van der Waals surface area contributed by atoms with E-state index >= 15 is 0 Å². The topological polar surface area (TPSA) is 60.4 Å². The summed E-state index contributed by atoms with van der Waals surface area (Å²) in [6.07, 6.45) is 0.696. The summed E-state index contributed by atoms with van der Waals surface area (Å²) in [5.41, 5.74) is 4.33. The molecular weight excluding hydrogens is 424 g/mol. The third-order valence-electron chi connectivity index (χ3n) is 5.76. The Hall–Kier alpha value is -3.63. The highest BCUT2D eigenvalue weighted by molar-refractivity contribution is 6.30. The maximum absolute atomic E-state index is 13.2. The fourth-order valence-corrected chi connectivity index (χ4v) is 4.28. The lowest BCUT2D eigenvalue weighted by atomic mass is 9.96. The number of hydrogen-bond acceptors (Lipinski definition) is 4. The van der Waals surface area contributed by atoms with E-state index in [-0.39, 0.29) is 11.5 Å².